The van der Waals surface area contributed by atoms with Crippen LogP contribution in [0.2, 0.25) is 0 Å². The Morgan fingerprint density at radius 2 is 1.24 bits per heavy atom. The molecule has 0 fully saturated rings. The van der Waals surface area contributed by atoms with Crippen LogP contribution in [0.3, 0.4) is 0 Å². The first kappa shape index (κ1) is 25.1. The Balaban J connectivity index is 1.21. The lowest BCUT2D eigenvalue weighted by atomic mass is 10.0. The van der Waals surface area contributed by atoms with Gasteiger partial charge in [0.1, 0.15) is 11.2 Å². The molecular weight excluding hydrogens is 562 g/mol. The topological polar surface area (TPSA) is 43.9 Å². The number of rotatable bonds is 3. The normalized spacial score (nSPS) is 11.9. The van der Waals surface area contributed by atoms with Crippen molar-refractivity contribution in [1.82, 2.24) is 14.5 Å². The van der Waals surface area contributed by atoms with Gasteiger partial charge in [0.25, 0.3) is 0 Å². The van der Waals surface area contributed by atoms with E-state index in [0.29, 0.717) is 5.82 Å². The maximum atomic E-state index is 6.58. The molecule has 214 valence electrons. The number of aromatic nitrogens is 3. The third-order valence-electron chi connectivity index (χ3n) is 9.17. The Labute approximate surface area is 263 Å². The van der Waals surface area contributed by atoms with Gasteiger partial charge in [0.05, 0.1) is 22.2 Å². The average Bonchev–Trinajstić information content (AvgIpc) is 3.65. The molecule has 4 heteroatoms. The fourth-order valence-corrected chi connectivity index (χ4v) is 7.09. The van der Waals surface area contributed by atoms with Crippen molar-refractivity contribution in [1.29, 1.82) is 0 Å². The Kier molecular flexibility index (Phi) is 5.25. The van der Waals surface area contributed by atoms with Crippen LogP contribution in [-0.2, 0) is 0 Å². The van der Waals surface area contributed by atoms with Crippen LogP contribution in [0.15, 0.2) is 156 Å². The average molecular weight is 588 g/mol. The van der Waals surface area contributed by atoms with Crippen molar-refractivity contribution in [2.75, 3.05) is 0 Å². The summed E-state index contributed by atoms with van der Waals surface area (Å²) in [6.07, 6.45) is 0. The predicted octanol–water partition coefficient (Wildman–Crippen LogP) is 11.1. The highest BCUT2D eigenvalue weighted by atomic mass is 16.3. The minimum atomic E-state index is 0.684. The summed E-state index contributed by atoms with van der Waals surface area (Å²) in [6, 6.07) is 53.1. The molecule has 46 heavy (non-hydrogen) atoms. The van der Waals surface area contributed by atoms with Crippen LogP contribution >= 0.6 is 0 Å². The monoisotopic (exact) mass is 587 g/mol. The standard InChI is InChI=1S/C42H25N3O/c1-2-11-26(12-3-1)41-31-16-6-8-18-35(31)43-42(44-41)33-17-10-20-38-40(33)32-22-21-29(25-39(32)46-38)45-36-19-9-7-15-30(36)34-23-27-13-4-5-14-28(27)24-37(34)45/h1-25H. The summed E-state index contributed by atoms with van der Waals surface area (Å²) in [5.74, 6) is 0.684. The van der Waals surface area contributed by atoms with Crippen molar-refractivity contribution in [3.8, 4) is 28.3 Å². The highest BCUT2D eigenvalue weighted by Gasteiger charge is 2.19. The fraction of sp³-hybridized carbons (Fsp3) is 0. The Bertz CT molecular complexity index is 2810. The lowest BCUT2D eigenvalue weighted by molar-refractivity contribution is 0.668. The molecule has 0 N–H and O–H groups in total. The summed E-state index contributed by atoms with van der Waals surface area (Å²) in [6.45, 7) is 0. The van der Waals surface area contributed by atoms with E-state index in [-0.39, 0.29) is 0 Å². The first-order valence-corrected chi connectivity index (χ1v) is 15.5. The van der Waals surface area contributed by atoms with Gasteiger partial charge in [-0.3, -0.25) is 0 Å². The highest BCUT2D eigenvalue weighted by Crippen LogP contribution is 2.40. The Morgan fingerprint density at radius 1 is 0.478 bits per heavy atom. The number of furan rings is 1. The molecule has 0 amide bonds. The molecule has 0 aliphatic rings. The molecule has 0 aliphatic carbocycles. The summed E-state index contributed by atoms with van der Waals surface area (Å²) in [5, 5.41) is 8.03. The molecule has 0 radical (unpaired) electrons. The van der Waals surface area contributed by atoms with Gasteiger partial charge >= 0.3 is 0 Å². The van der Waals surface area contributed by atoms with Gasteiger partial charge in [-0.2, -0.15) is 0 Å². The molecule has 4 nitrogen and oxygen atoms in total. The van der Waals surface area contributed by atoms with E-state index < -0.39 is 0 Å². The van der Waals surface area contributed by atoms with Crippen LogP contribution in [0.1, 0.15) is 0 Å². The van der Waals surface area contributed by atoms with E-state index in [9.17, 15) is 0 Å². The smallest absolute Gasteiger partial charge is 0.161 e. The number of nitrogens with zero attached hydrogens (tertiary/aromatic N) is 3. The van der Waals surface area contributed by atoms with E-state index in [4.69, 9.17) is 14.4 Å². The second-order valence-corrected chi connectivity index (χ2v) is 11.8. The maximum absolute atomic E-state index is 6.58. The van der Waals surface area contributed by atoms with Crippen molar-refractivity contribution in [2.45, 2.75) is 0 Å². The van der Waals surface area contributed by atoms with Crippen molar-refractivity contribution in [3.63, 3.8) is 0 Å². The van der Waals surface area contributed by atoms with Gasteiger partial charge in [0.15, 0.2) is 5.82 Å². The third kappa shape index (κ3) is 3.67. The summed E-state index contributed by atoms with van der Waals surface area (Å²) in [5.41, 5.74) is 8.90. The number of hydrogen-bond acceptors (Lipinski definition) is 3. The zero-order valence-corrected chi connectivity index (χ0v) is 24.7. The van der Waals surface area contributed by atoms with E-state index in [2.05, 4.69) is 114 Å². The Morgan fingerprint density at radius 3 is 2.13 bits per heavy atom. The zero-order chi connectivity index (χ0) is 30.2. The largest absolute Gasteiger partial charge is 0.456 e. The second-order valence-electron chi connectivity index (χ2n) is 11.8. The number of benzene rings is 7. The van der Waals surface area contributed by atoms with E-state index in [0.717, 1.165) is 55.3 Å². The van der Waals surface area contributed by atoms with Crippen molar-refractivity contribution < 1.29 is 4.42 Å². The van der Waals surface area contributed by atoms with E-state index >= 15 is 0 Å². The third-order valence-corrected chi connectivity index (χ3v) is 9.17. The molecule has 10 aromatic rings. The lowest BCUT2D eigenvalue weighted by Crippen LogP contribution is -1.95. The van der Waals surface area contributed by atoms with Crippen LogP contribution < -0.4 is 0 Å². The minimum Gasteiger partial charge on any atom is -0.456 e. The highest BCUT2D eigenvalue weighted by molar-refractivity contribution is 6.15. The van der Waals surface area contributed by atoms with Crippen LogP contribution in [0.5, 0.6) is 0 Å². The molecule has 0 unspecified atom stereocenters. The summed E-state index contributed by atoms with van der Waals surface area (Å²) in [7, 11) is 0. The summed E-state index contributed by atoms with van der Waals surface area (Å²) >= 11 is 0. The molecule has 3 heterocycles. The number of para-hydroxylation sites is 2. The summed E-state index contributed by atoms with van der Waals surface area (Å²) in [4.78, 5) is 10.2. The number of hydrogen-bond donors (Lipinski definition) is 0. The molecular formula is C42H25N3O. The van der Waals surface area contributed by atoms with Gasteiger partial charge in [0.2, 0.25) is 0 Å². The zero-order valence-electron chi connectivity index (χ0n) is 24.7. The van der Waals surface area contributed by atoms with Crippen LogP contribution in [0.25, 0.3) is 93.8 Å². The van der Waals surface area contributed by atoms with E-state index in [1.165, 1.54) is 32.6 Å². The van der Waals surface area contributed by atoms with Crippen molar-refractivity contribution in [3.05, 3.63) is 152 Å². The molecule has 0 bridgehead atoms. The first-order valence-electron chi connectivity index (χ1n) is 15.5. The SMILES string of the molecule is c1ccc(-c2nc(-c3cccc4oc5cc(-n6c7ccccc7c7cc8ccccc8cc76)ccc5c34)nc3ccccc23)cc1. The Hall–Kier alpha value is -6.26. The van der Waals surface area contributed by atoms with Gasteiger partial charge in [0, 0.05) is 49.8 Å². The molecule has 0 aliphatic heterocycles. The van der Waals surface area contributed by atoms with Gasteiger partial charge in [-0.25, -0.2) is 9.97 Å². The van der Waals surface area contributed by atoms with Crippen LogP contribution in [-0.4, -0.2) is 14.5 Å². The maximum Gasteiger partial charge on any atom is 0.161 e. The van der Waals surface area contributed by atoms with Gasteiger partial charge in [-0.15, -0.1) is 0 Å². The van der Waals surface area contributed by atoms with E-state index in [1.807, 2.05) is 42.5 Å². The predicted molar refractivity (Wildman–Crippen MR) is 190 cm³/mol. The second kappa shape index (κ2) is 9.62. The molecule has 0 saturated carbocycles. The van der Waals surface area contributed by atoms with Crippen molar-refractivity contribution >= 4 is 65.4 Å². The van der Waals surface area contributed by atoms with Gasteiger partial charge < -0.3 is 8.98 Å². The first-order chi connectivity index (χ1) is 22.8. The van der Waals surface area contributed by atoms with Crippen molar-refractivity contribution in [2.24, 2.45) is 0 Å². The van der Waals surface area contributed by atoms with Crippen LogP contribution in [0, 0.1) is 0 Å². The molecule has 0 atom stereocenters. The molecule has 0 spiro atoms. The number of fused-ring (bicyclic) bond motifs is 8. The molecule has 10 rings (SSSR count). The lowest BCUT2D eigenvalue weighted by Gasteiger charge is -2.10. The van der Waals surface area contributed by atoms with Crippen LogP contribution in [0.4, 0.5) is 0 Å². The minimum absolute atomic E-state index is 0.684. The fourth-order valence-electron chi connectivity index (χ4n) is 7.09. The van der Waals surface area contributed by atoms with E-state index in [1.54, 1.807) is 0 Å². The quantitative estimate of drug-likeness (QED) is 0.207. The van der Waals surface area contributed by atoms with Gasteiger partial charge in [-0.05, 0) is 53.2 Å². The summed E-state index contributed by atoms with van der Waals surface area (Å²) < 4.78 is 8.93. The molecule has 3 aromatic heterocycles. The van der Waals surface area contributed by atoms with Gasteiger partial charge in [-0.1, -0.05) is 103 Å². The molecule has 7 aromatic carbocycles. The molecule has 0 saturated heterocycles.